The molecule has 0 fully saturated rings. The van der Waals surface area contributed by atoms with E-state index in [0.29, 0.717) is 29.0 Å². The Labute approximate surface area is 159 Å². The highest BCUT2D eigenvalue weighted by Gasteiger charge is 2.31. The van der Waals surface area contributed by atoms with Crippen molar-refractivity contribution in [3.63, 3.8) is 0 Å². The van der Waals surface area contributed by atoms with E-state index in [0.717, 1.165) is 21.8 Å². The Morgan fingerprint density at radius 3 is 2.81 bits per heavy atom. The van der Waals surface area contributed by atoms with Crippen LogP contribution in [0, 0.1) is 0 Å². The van der Waals surface area contributed by atoms with Gasteiger partial charge in [-0.15, -0.1) is 0 Å². The molecule has 3 aromatic rings. The third-order valence-electron chi connectivity index (χ3n) is 4.24. The van der Waals surface area contributed by atoms with E-state index in [2.05, 4.69) is 10.3 Å². The van der Waals surface area contributed by atoms with Gasteiger partial charge >= 0.3 is 0 Å². The molecule has 4 rings (SSSR count). The van der Waals surface area contributed by atoms with Crippen LogP contribution in [-0.2, 0) is 11.4 Å². The summed E-state index contributed by atoms with van der Waals surface area (Å²) in [4.78, 5) is 17.3. The number of nitrogens with zero attached hydrogens (tertiary/aromatic N) is 1. The second kappa shape index (κ2) is 6.97. The summed E-state index contributed by atoms with van der Waals surface area (Å²) >= 11 is 7.33. The zero-order valence-corrected chi connectivity index (χ0v) is 15.3. The maximum atomic E-state index is 12.1. The van der Waals surface area contributed by atoms with E-state index in [4.69, 9.17) is 22.1 Å². The zero-order chi connectivity index (χ0) is 18.1. The van der Waals surface area contributed by atoms with Gasteiger partial charge in [0.05, 0.1) is 4.88 Å². The van der Waals surface area contributed by atoms with Gasteiger partial charge in [0.1, 0.15) is 18.2 Å². The molecule has 0 unspecified atom stereocenters. The molecule has 132 valence electrons. The number of hydrogen-bond acceptors (Lipinski definition) is 5. The number of nitrogen functional groups attached to an aromatic ring is 1. The topological polar surface area (TPSA) is 77.2 Å². The number of ether oxygens (including phenoxy) is 1. The molecule has 0 bridgehead atoms. The van der Waals surface area contributed by atoms with Gasteiger partial charge in [0.25, 0.3) is 0 Å². The Kier molecular flexibility index (Phi) is 4.53. The highest BCUT2D eigenvalue weighted by Crippen LogP contribution is 2.44. The van der Waals surface area contributed by atoms with Crippen molar-refractivity contribution in [3.8, 4) is 5.75 Å². The van der Waals surface area contributed by atoms with Gasteiger partial charge in [-0.2, -0.15) is 0 Å². The number of carbonyl (C=O) groups is 1. The summed E-state index contributed by atoms with van der Waals surface area (Å²) in [7, 11) is 0. The number of para-hydroxylation sites is 1. The molecule has 7 heteroatoms. The lowest BCUT2D eigenvalue weighted by atomic mass is 9.91. The van der Waals surface area contributed by atoms with Gasteiger partial charge in [-0.25, -0.2) is 4.98 Å². The maximum Gasteiger partial charge on any atom is 0.226 e. The Morgan fingerprint density at radius 2 is 2.00 bits per heavy atom. The fourth-order valence-electron chi connectivity index (χ4n) is 3.03. The van der Waals surface area contributed by atoms with Gasteiger partial charge in [-0.1, -0.05) is 53.3 Å². The Morgan fingerprint density at radius 1 is 1.23 bits per heavy atom. The Balaban J connectivity index is 1.63. The van der Waals surface area contributed by atoms with Crippen LogP contribution in [0.3, 0.4) is 0 Å². The largest absolute Gasteiger partial charge is 0.489 e. The summed E-state index contributed by atoms with van der Waals surface area (Å²) in [5.74, 6) is 1.12. The molecule has 2 heterocycles. The summed E-state index contributed by atoms with van der Waals surface area (Å²) in [5.41, 5.74) is 7.82. The van der Waals surface area contributed by atoms with Crippen molar-refractivity contribution in [3.05, 3.63) is 69.6 Å². The monoisotopic (exact) mass is 385 g/mol. The first-order valence-electron chi connectivity index (χ1n) is 8.12. The minimum absolute atomic E-state index is 0.0692. The average Bonchev–Trinajstić information content (AvgIpc) is 3.01. The third kappa shape index (κ3) is 3.38. The van der Waals surface area contributed by atoms with Crippen LogP contribution < -0.4 is 15.8 Å². The number of thiazole rings is 1. The highest BCUT2D eigenvalue weighted by atomic mass is 35.5. The highest BCUT2D eigenvalue weighted by molar-refractivity contribution is 7.16. The van der Waals surface area contributed by atoms with Crippen LogP contribution in [0.1, 0.15) is 28.3 Å². The van der Waals surface area contributed by atoms with Crippen LogP contribution in [-0.4, -0.2) is 10.9 Å². The maximum absolute atomic E-state index is 12.1. The lowest BCUT2D eigenvalue weighted by Gasteiger charge is -2.23. The van der Waals surface area contributed by atoms with E-state index >= 15 is 0 Å². The zero-order valence-electron chi connectivity index (χ0n) is 13.7. The molecule has 2 aromatic carbocycles. The quantitative estimate of drug-likeness (QED) is 0.696. The van der Waals surface area contributed by atoms with Gasteiger partial charge in [0, 0.05) is 22.9 Å². The molecule has 5 nitrogen and oxygen atoms in total. The molecule has 1 aromatic heterocycles. The van der Waals surface area contributed by atoms with Gasteiger partial charge in [0.15, 0.2) is 5.13 Å². The molecule has 0 spiro atoms. The minimum atomic E-state index is -0.116. The lowest BCUT2D eigenvalue weighted by molar-refractivity contribution is -0.116. The first-order valence-corrected chi connectivity index (χ1v) is 9.32. The average molecular weight is 386 g/mol. The summed E-state index contributed by atoms with van der Waals surface area (Å²) < 4.78 is 6.05. The molecule has 0 aliphatic carbocycles. The van der Waals surface area contributed by atoms with Gasteiger partial charge in [0.2, 0.25) is 5.91 Å². The second-order valence-corrected chi connectivity index (χ2v) is 7.52. The predicted molar refractivity (Wildman–Crippen MR) is 104 cm³/mol. The van der Waals surface area contributed by atoms with Crippen molar-refractivity contribution < 1.29 is 9.53 Å². The number of benzene rings is 2. The van der Waals surface area contributed by atoms with Gasteiger partial charge in [-0.3, -0.25) is 4.79 Å². The molecule has 26 heavy (non-hydrogen) atoms. The first kappa shape index (κ1) is 16.9. The van der Waals surface area contributed by atoms with E-state index in [9.17, 15) is 4.79 Å². The van der Waals surface area contributed by atoms with Crippen molar-refractivity contribution in [2.24, 2.45) is 0 Å². The minimum Gasteiger partial charge on any atom is -0.489 e. The smallest absolute Gasteiger partial charge is 0.226 e. The number of amides is 1. The SMILES string of the molecule is Nc1nc2c(s1)[C@H](c1ccccc1OCc1ccc(Cl)cc1)CC(=O)N2. The number of anilines is 2. The molecule has 1 aliphatic heterocycles. The molecular formula is C19H16ClN3O2S. The van der Waals surface area contributed by atoms with E-state index in [1.165, 1.54) is 11.3 Å². The van der Waals surface area contributed by atoms with Crippen LogP contribution in [0.5, 0.6) is 5.75 Å². The molecule has 1 amide bonds. The Bertz CT molecular complexity index is 956. The van der Waals surface area contributed by atoms with Gasteiger partial charge < -0.3 is 15.8 Å². The summed E-state index contributed by atoms with van der Waals surface area (Å²) in [6.07, 6.45) is 0.343. The summed E-state index contributed by atoms with van der Waals surface area (Å²) in [6, 6.07) is 15.3. The van der Waals surface area contributed by atoms with E-state index in [-0.39, 0.29) is 11.8 Å². The van der Waals surface area contributed by atoms with E-state index < -0.39 is 0 Å². The number of nitrogens with two attached hydrogens (primary N) is 1. The molecule has 1 atom stereocenters. The number of aromatic nitrogens is 1. The van der Waals surface area contributed by atoms with Crippen LogP contribution in [0.4, 0.5) is 10.9 Å². The van der Waals surface area contributed by atoms with Gasteiger partial charge in [-0.05, 0) is 23.8 Å². The second-order valence-electron chi connectivity index (χ2n) is 6.02. The predicted octanol–water partition coefficient (Wildman–Crippen LogP) is 4.43. The summed E-state index contributed by atoms with van der Waals surface area (Å²) in [6.45, 7) is 0.421. The number of fused-ring (bicyclic) bond motifs is 1. The number of nitrogens with one attached hydrogen (secondary N) is 1. The number of rotatable bonds is 4. The fraction of sp³-hybridized carbons (Fsp3) is 0.158. The van der Waals surface area contributed by atoms with E-state index in [1.54, 1.807) is 0 Å². The molecule has 1 aliphatic rings. The molecule has 3 N–H and O–H groups in total. The number of carbonyl (C=O) groups excluding carboxylic acids is 1. The first-order chi connectivity index (χ1) is 12.6. The number of hydrogen-bond donors (Lipinski definition) is 2. The van der Waals surface area contributed by atoms with Crippen LogP contribution in [0.15, 0.2) is 48.5 Å². The standard InChI is InChI=1S/C19H16ClN3O2S/c20-12-7-5-11(6-8-12)10-25-15-4-2-1-3-13(15)14-9-16(24)22-18-17(14)26-19(21)23-18/h1-8,14H,9-10H2,(H2,21,23)(H,22,24)/t14-/m0/s1. The lowest BCUT2D eigenvalue weighted by Crippen LogP contribution is -2.23. The molecule has 0 radical (unpaired) electrons. The molecule has 0 saturated carbocycles. The van der Waals surface area contributed by atoms with Crippen molar-refractivity contribution in [2.45, 2.75) is 18.9 Å². The van der Waals surface area contributed by atoms with Crippen molar-refractivity contribution >= 4 is 39.8 Å². The van der Waals surface area contributed by atoms with Crippen molar-refractivity contribution in [2.75, 3.05) is 11.1 Å². The van der Waals surface area contributed by atoms with E-state index in [1.807, 2.05) is 48.5 Å². The molecule has 0 saturated heterocycles. The van der Waals surface area contributed by atoms with Crippen molar-refractivity contribution in [1.29, 1.82) is 0 Å². The fourth-order valence-corrected chi connectivity index (χ4v) is 4.06. The third-order valence-corrected chi connectivity index (χ3v) is 5.49. The normalized spacial score (nSPS) is 16.0. The number of halogens is 1. The van der Waals surface area contributed by atoms with Crippen LogP contribution in [0.2, 0.25) is 5.02 Å². The molecular weight excluding hydrogens is 370 g/mol. The van der Waals surface area contributed by atoms with Crippen LogP contribution >= 0.6 is 22.9 Å². The van der Waals surface area contributed by atoms with Crippen molar-refractivity contribution in [1.82, 2.24) is 4.98 Å². The summed E-state index contributed by atoms with van der Waals surface area (Å²) in [5, 5.41) is 3.93. The van der Waals surface area contributed by atoms with Crippen LogP contribution in [0.25, 0.3) is 0 Å². The Hall–Kier alpha value is -2.57.